The Hall–Kier alpha value is -0.555. The van der Waals surface area contributed by atoms with Crippen LogP contribution < -0.4 is 5.46 Å². The molecule has 1 saturated heterocycles. The van der Waals surface area contributed by atoms with Crippen LogP contribution in [0.25, 0.3) is 0 Å². The van der Waals surface area contributed by atoms with Crippen molar-refractivity contribution in [3.63, 3.8) is 0 Å². The molecule has 0 radical (unpaired) electrons. The van der Waals surface area contributed by atoms with Crippen LogP contribution in [0.3, 0.4) is 0 Å². The minimum Gasteiger partial charge on any atom is -0.465 e. The second-order valence-electron chi connectivity index (χ2n) is 5.41. The SMILES string of the molecule is COC(=O)c1sc(Cl)cc1B1OC(C)(C)C(C)(C)O1. The second-order valence-corrected chi connectivity index (χ2v) is 7.10. The van der Waals surface area contributed by atoms with E-state index in [1.54, 1.807) is 6.07 Å². The average Bonchev–Trinajstić information content (AvgIpc) is 2.77. The van der Waals surface area contributed by atoms with Crippen molar-refractivity contribution in [3.05, 3.63) is 15.3 Å². The molecule has 0 amide bonds. The molecule has 0 bridgehead atoms. The lowest BCUT2D eigenvalue weighted by Gasteiger charge is -2.32. The van der Waals surface area contributed by atoms with Crippen LogP contribution in [-0.4, -0.2) is 31.4 Å². The maximum atomic E-state index is 11.7. The lowest BCUT2D eigenvalue weighted by atomic mass is 9.79. The molecule has 0 spiro atoms. The standard InChI is InChI=1S/C12H16BClO4S/c1-11(2)12(3,4)18-13(17-11)7-6-8(14)19-9(7)10(15)16-5/h6H,1-5H3. The first kappa shape index (κ1) is 14.8. The van der Waals surface area contributed by atoms with Crippen LogP contribution >= 0.6 is 22.9 Å². The van der Waals surface area contributed by atoms with Gasteiger partial charge in [0.05, 0.1) is 22.6 Å². The van der Waals surface area contributed by atoms with Crippen LogP contribution in [0, 0.1) is 0 Å². The summed E-state index contributed by atoms with van der Waals surface area (Å²) in [5, 5.41) is 0. The van der Waals surface area contributed by atoms with E-state index in [-0.39, 0.29) is 0 Å². The highest BCUT2D eigenvalue weighted by molar-refractivity contribution is 7.19. The molecule has 1 aromatic rings. The quantitative estimate of drug-likeness (QED) is 0.622. The molecule has 1 aromatic heterocycles. The predicted octanol–water partition coefficient (Wildman–Crippen LogP) is 2.49. The molecule has 2 rings (SSSR count). The van der Waals surface area contributed by atoms with E-state index >= 15 is 0 Å². The molecule has 0 atom stereocenters. The van der Waals surface area contributed by atoms with Crippen LogP contribution in [0.15, 0.2) is 6.07 Å². The number of hydrogen-bond acceptors (Lipinski definition) is 5. The van der Waals surface area contributed by atoms with Crippen molar-refractivity contribution in [2.75, 3.05) is 7.11 Å². The van der Waals surface area contributed by atoms with Gasteiger partial charge in [0.1, 0.15) is 4.88 Å². The fourth-order valence-electron chi connectivity index (χ4n) is 1.77. The number of carbonyl (C=O) groups is 1. The Morgan fingerprint density at radius 3 is 2.32 bits per heavy atom. The highest BCUT2D eigenvalue weighted by Crippen LogP contribution is 2.37. The summed E-state index contributed by atoms with van der Waals surface area (Å²) in [6.07, 6.45) is 0. The van der Waals surface area contributed by atoms with Crippen LogP contribution in [0.4, 0.5) is 0 Å². The zero-order valence-corrected chi connectivity index (χ0v) is 13.1. The van der Waals surface area contributed by atoms with E-state index in [0.717, 1.165) is 0 Å². The van der Waals surface area contributed by atoms with E-state index in [1.807, 2.05) is 27.7 Å². The Morgan fingerprint density at radius 2 is 1.84 bits per heavy atom. The minimum atomic E-state index is -0.608. The van der Waals surface area contributed by atoms with Crippen molar-refractivity contribution in [2.45, 2.75) is 38.9 Å². The predicted molar refractivity (Wildman–Crippen MR) is 76.4 cm³/mol. The van der Waals surface area contributed by atoms with Gasteiger partial charge < -0.3 is 14.0 Å². The number of thiophene rings is 1. The molecule has 0 N–H and O–H groups in total. The van der Waals surface area contributed by atoms with Gasteiger partial charge in [0.2, 0.25) is 0 Å². The van der Waals surface area contributed by atoms with E-state index in [1.165, 1.54) is 18.4 Å². The Balaban J connectivity index is 2.37. The summed E-state index contributed by atoms with van der Waals surface area (Å²) in [5.41, 5.74) is -0.292. The normalized spacial score (nSPS) is 20.6. The molecule has 1 aliphatic heterocycles. The van der Waals surface area contributed by atoms with Crippen LogP contribution in [0.5, 0.6) is 0 Å². The zero-order chi connectivity index (χ0) is 14.4. The Morgan fingerprint density at radius 1 is 1.32 bits per heavy atom. The van der Waals surface area contributed by atoms with Crippen LogP contribution in [0.1, 0.15) is 37.4 Å². The van der Waals surface area contributed by atoms with Gasteiger partial charge >= 0.3 is 13.1 Å². The van der Waals surface area contributed by atoms with E-state index in [2.05, 4.69) is 0 Å². The average molecular weight is 303 g/mol. The monoisotopic (exact) mass is 302 g/mol. The molecule has 0 aromatic carbocycles. The van der Waals surface area contributed by atoms with Crippen molar-refractivity contribution in [2.24, 2.45) is 0 Å². The molecule has 0 aliphatic carbocycles. The van der Waals surface area contributed by atoms with Gasteiger partial charge in [0.25, 0.3) is 0 Å². The first-order chi connectivity index (χ1) is 8.68. The van der Waals surface area contributed by atoms with Crippen LogP contribution in [0.2, 0.25) is 4.34 Å². The Labute approximate surface area is 122 Å². The maximum absolute atomic E-state index is 11.7. The lowest BCUT2D eigenvalue weighted by molar-refractivity contribution is 0.00578. The summed E-state index contributed by atoms with van der Waals surface area (Å²) >= 11 is 7.15. The number of esters is 1. The summed E-state index contributed by atoms with van der Waals surface area (Å²) in [6, 6.07) is 1.70. The topological polar surface area (TPSA) is 44.8 Å². The van der Waals surface area contributed by atoms with Gasteiger partial charge in [-0.15, -0.1) is 11.3 Å². The number of halogens is 1. The number of carbonyl (C=O) groups excluding carboxylic acids is 1. The van der Waals surface area contributed by atoms with Gasteiger partial charge in [-0.05, 0) is 33.8 Å². The number of rotatable bonds is 2. The molecule has 1 fully saturated rings. The molecular weight excluding hydrogens is 286 g/mol. The van der Waals surface area contributed by atoms with Gasteiger partial charge in [0, 0.05) is 5.46 Å². The van der Waals surface area contributed by atoms with E-state index in [0.29, 0.717) is 14.7 Å². The van der Waals surface area contributed by atoms with E-state index < -0.39 is 24.3 Å². The van der Waals surface area contributed by atoms with Crippen molar-refractivity contribution < 1.29 is 18.8 Å². The zero-order valence-electron chi connectivity index (χ0n) is 11.6. The summed E-state index contributed by atoms with van der Waals surface area (Å²) in [4.78, 5) is 12.2. The Bertz CT molecular complexity index is 496. The van der Waals surface area contributed by atoms with Crippen molar-refractivity contribution in [1.29, 1.82) is 0 Å². The van der Waals surface area contributed by atoms with Gasteiger partial charge in [0.15, 0.2) is 0 Å². The third kappa shape index (κ3) is 2.54. The molecule has 0 saturated carbocycles. The molecule has 0 unspecified atom stereocenters. The highest BCUT2D eigenvalue weighted by atomic mass is 35.5. The van der Waals surface area contributed by atoms with Gasteiger partial charge in [-0.3, -0.25) is 0 Å². The third-order valence-electron chi connectivity index (χ3n) is 3.61. The summed E-state index contributed by atoms with van der Waals surface area (Å²) in [7, 11) is 0.729. The number of hydrogen-bond donors (Lipinski definition) is 0. The largest absolute Gasteiger partial charge is 0.496 e. The molecular formula is C12H16BClO4S. The maximum Gasteiger partial charge on any atom is 0.496 e. The molecule has 19 heavy (non-hydrogen) atoms. The fourth-order valence-corrected chi connectivity index (χ4v) is 2.94. The second kappa shape index (κ2) is 4.77. The number of methoxy groups -OCH3 is 1. The summed E-state index contributed by atoms with van der Waals surface area (Å²) in [6.45, 7) is 7.83. The van der Waals surface area contributed by atoms with Gasteiger partial charge in [-0.2, -0.15) is 0 Å². The minimum absolute atomic E-state index is 0.422. The van der Waals surface area contributed by atoms with Gasteiger partial charge in [-0.25, -0.2) is 4.79 Å². The molecule has 104 valence electrons. The summed E-state index contributed by atoms with van der Waals surface area (Å²) < 4.78 is 17.1. The first-order valence-electron chi connectivity index (χ1n) is 5.91. The number of ether oxygens (including phenoxy) is 1. The molecule has 4 nitrogen and oxygen atoms in total. The van der Waals surface area contributed by atoms with Crippen molar-refractivity contribution in [3.8, 4) is 0 Å². The van der Waals surface area contributed by atoms with E-state index in [9.17, 15) is 4.79 Å². The third-order valence-corrected chi connectivity index (χ3v) is 4.87. The molecule has 7 heteroatoms. The Kier molecular flexibility index (Phi) is 3.73. The molecule has 1 aliphatic rings. The highest BCUT2D eigenvalue weighted by Gasteiger charge is 2.53. The van der Waals surface area contributed by atoms with Crippen LogP contribution in [-0.2, 0) is 14.0 Å². The van der Waals surface area contributed by atoms with Gasteiger partial charge in [-0.1, -0.05) is 11.6 Å². The summed E-state index contributed by atoms with van der Waals surface area (Å²) in [5.74, 6) is -0.429. The van der Waals surface area contributed by atoms with Crippen molar-refractivity contribution >= 4 is 41.5 Å². The fraction of sp³-hybridized carbons (Fsp3) is 0.583. The molecule has 2 heterocycles. The first-order valence-corrected chi connectivity index (χ1v) is 7.10. The smallest absolute Gasteiger partial charge is 0.465 e. The lowest BCUT2D eigenvalue weighted by Crippen LogP contribution is -2.41. The van der Waals surface area contributed by atoms with Crippen molar-refractivity contribution in [1.82, 2.24) is 0 Å². The van der Waals surface area contributed by atoms with E-state index in [4.69, 9.17) is 25.6 Å².